The molecule has 3 aromatic rings. The number of carbonyl (C=O) groups is 1. The van der Waals surface area contributed by atoms with E-state index in [2.05, 4.69) is 5.32 Å². The minimum absolute atomic E-state index is 0.0101. The van der Waals surface area contributed by atoms with E-state index in [0.717, 1.165) is 0 Å². The summed E-state index contributed by atoms with van der Waals surface area (Å²) < 4.78 is 40.0. The first-order valence-electron chi connectivity index (χ1n) is 10.0. The van der Waals surface area contributed by atoms with Crippen LogP contribution in [0.4, 0.5) is 5.69 Å². The highest BCUT2D eigenvalue weighted by Crippen LogP contribution is 2.42. The van der Waals surface area contributed by atoms with Crippen LogP contribution in [0.2, 0.25) is 5.02 Å². The van der Waals surface area contributed by atoms with Crippen LogP contribution in [-0.4, -0.2) is 31.7 Å². The fourth-order valence-electron chi connectivity index (χ4n) is 3.40. The van der Waals surface area contributed by atoms with Crippen molar-refractivity contribution in [3.8, 4) is 23.0 Å². The Labute approximate surface area is 191 Å². The molecule has 0 saturated carbocycles. The zero-order valence-corrected chi connectivity index (χ0v) is 19.0. The maximum absolute atomic E-state index is 13.4. The maximum Gasteiger partial charge on any atom is 0.259 e. The van der Waals surface area contributed by atoms with Gasteiger partial charge in [0, 0.05) is 19.2 Å². The number of nitrogens with one attached hydrogen (secondary N) is 1. The van der Waals surface area contributed by atoms with Crippen molar-refractivity contribution < 1.29 is 22.7 Å². The van der Waals surface area contributed by atoms with Crippen molar-refractivity contribution in [2.45, 2.75) is 18.7 Å². The molecule has 0 fully saturated rings. The third kappa shape index (κ3) is 4.04. The van der Waals surface area contributed by atoms with E-state index >= 15 is 0 Å². The molecule has 0 aromatic heterocycles. The number of benzene rings is 3. The van der Waals surface area contributed by atoms with Crippen LogP contribution in [0.1, 0.15) is 24.2 Å². The summed E-state index contributed by atoms with van der Waals surface area (Å²) in [5.41, 5.74) is 0.564. The van der Waals surface area contributed by atoms with E-state index in [1.165, 1.54) is 16.4 Å². The molecule has 0 radical (unpaired) electrons. The Bertz CT molecular complexity index is 1290. The standard InChI is InChI=1S/C23H21ClN2O5S/c1-3-26(4-2)32(28,29)22-13-15-20(14-21(22)30-18-11-7-5-9-16(18)24)31-19-12-8-6-10-17(19)25-23(15)27/h5-14H,3-4H2,1-2H3,(H,25,27). The van der Waals surface area contributed by atoms with Gasteiger partial charge in [0.2, 0.25) is 10.0 Å². The van der Waals surface area contributed by atoms with Crippen molar-refractivity contribution in [1.29, 1.82) is 0 Å². The molecule has 1 N–H and O–H groups in total. The number of hydrogen-bond donors (Lipinski definition) is 1. The monoisotopic (exact) mass is 472 g/mol. The van der Waals surface area contributed by atoms with Crippen molar-refractivity contribution >= 4 is 33.2 Å². The molecule has 4 rings (SSSR count). The van der Waals surface area contributed by atoms with Gasteiger partial charge in [0.25, 0.3) is 5.91 Å². The van der Waals surface area contributed by atoms with Gasteiger partial charge in [-0.3, -0.25) is 4.79 Å². The van der Waals surface area contributed by atoms with Crippen LogP contribution < -0.4 is 14.8 Å². The second kappa shape index (κ2) is 8.82. The number of fused-ring (bicyclic) bond motifs is 2. The fraction of sp³-hybridized carbons (Fsp3) is 0.174. The van der Waals surface area contributed by atoms with Gasteiger partial charge < -0.3 is 14.8 Å². The lowest BCUT2D eigenvalue weighted by molar-refractivity contribution is 0.102. The molecule has 166 valence electrons. The third-order valence-electron chi connectivity index (χ3n) is 5.03. The molecule has 0 aliphatic carbocycles. The van der Waals surface area contributed by atoms with Gasteiger partial charge in [0.1, 0.15) is 16.4 Å². The largest absolute Gasteiger partial charge is 0.454 e. The van der Waals surface area contributed by atoms with Crippen LogP contribution in [0, 0.1) is 0 Å². The number of hydrogen-bond acceptors (Lipinski definition) is 5. The Morgan fingerprint density at radius 3 is 2.38 bits per heavy atom. The number of anilines is 1. The number of para-hydroxylation sites is 3. The second-order valence-corrected chi connectivity index (χ2v) is 9.28. The summed E-state index contributed by atoms with van der Waals surface area (Å²) in [4.78, 5) is 12.8. The number of halogens is 1. The quantitative estimate of drug-likeness (QED) is 0.510. The Morgan fingerprint density at radius 1 is 0.969 bits per heavy atom. The first-order chi connectivity index (χ1) is 15.3. The molecule has 7 nitrogen and oxygen atoms in total. The SMILES string of the molecule is CCN(CC)S(=O)(=O)c1cc2c(cc1Oc1ccccc1Cl)Oc1ccccc1NC2=O. The first-order valence-corrected chi connectivity index (χ1v) is 11.9. The molecule has 32 heavy (non-hydrogen) atoms. The molecule has 1 aliphatic rings. The normalized spacial score (nSPS) is 12.9. The van der Waals surface area contributed by atoms with E-state index in [1.54, 1.807) is 62.4 Å². The van der Waals surface area contributed by atoms with E-state index < -0.39 is 15.9 Å². The summed E-state index contributed by atoms with van der Waals surface area (Å²) in [7, 11) is -3.97. The summed E-state index contributed by atoms with van der Waals surface area (Å²) in [6, 6.07) is 16.4. The Hall–Kier alpha value is -3.07. The number of ether oxygens (including phenoxy) is 2. The average Bonchev–Trinajstić information content (AvgIpc) is 2.90. The zero-order valence-electron chi connectivity index (χ0n) is 17.5. The molecule has 3 aromatic carbocycles. The number of nitrogens with zero attached hydrogens (tertiary/aromatic N) is 1. The first kappa shape index (κ1) is 22.1. The third-order valence-corrected chi connectivity index (χ3v) is 7.41. The lowest BCUT2D eigenvalue weighted by Crippen LogP contribution is -2.31. The van der Waals surface area contributed by atoms with Gasteiger partial charge >= 0.3 is 0 Å². The molecule has 0 atom stereocenters. The van der Waals surface area contributed by atoms with Gasteiger partial charge in [-0.2, -0.15) is 4.31 Å². The number of rotatable bonds is 6. The van der Waals surface area contributed by atoms with E-state index in [9.17, 15) is 13.2 Å². The van der Waals surface area contributed by atoms with Gasteiger partial charge in [-0.25, -0.2) is 8.42 Å². The molecule has 1 heterocycles. The minimum Gasteiger partial charge on any atom is -0.454 e. The second-order valence-electron chi connectivity index (χ2n) is 6.97. The molecule has 1 amide bonds. The van der Waals surface area contributed by atoms with Gasteiger partial charge in [-0.05, 0) is 30.3 Å². The van der Waals surface area contributed by atoms with Gasteiger partial charge in [0.15, 0.2) is 11.5 Å². The average molecular weight is 473 g/mol. The van der Waals surface area contributed by atoms with E-state index in [4.69, 9.17) is 21.1 Å². The number of amides is 1. The minimum atomic E-state index is -3.97. The van der Waals surface area contributed by atoms with Crippen molar-refractivity contribution in [3.05, 3.63) is 71.2 Å². The van der Waals surface area contributed by atoms with Crippen molar-refractivity contribution in [3.63, 3.8) is 0 Å². The highest BCUT2D eigenvalue weighted by Gasteiger charge is 2.31. The van der Waals surface area contributed by atoms with Crippen LogP contribution in [0.5, 0.6) is 23.0 Å². The maximum atomic E-state index is 13.4. The van der Waals surface area contributed by atoms with Crippen LogP contribution >= 0.6 is 11.6 Å². The van der Waals surface area contributed by atoms with Crippen molar-refractivity contribution in [2.75, 3.05) is 18.4 Å². The molecule has 0 saturated heterocycles. The highest BCUT2D eigenvalue weighted by atomic mass is 35.5. The van der Waals surface area contributed by atoms with Gasteiger partial charge in [-0.1, -0.05) is 49.7 Å². The molecule has 1 aliphatic heterocycles. The zero-order chi connectivity index (χ0) is 22.9. The smallest absolute Gasteiger partial charge is 0.259 e. The van der Waals surface area contributed by atoms with E-state index in [-0.39, 0.29) is 40.8 Å². The molecular formula is C23H21ClN2O5S. The predicted molar refractivity (Wildman–Crippen MR) is 123 cm³/mol. The van der Waals surface area contributed by atoms with Crippen molar-refractivity contribution in [1.82, 2.24) is 4.31 Å². The lowest BCUT2D eigenvalue weighted by Gasteiger charge is -2.22. The predicted octanol–water partition coefficient (Wildman–Crippen LogP) is 5.52. The van der Waals surface area contributed by atoms with Crippen LogP contribution in [0.3, 0.4) is 0 Å². The van der Waals surface area contributed by atoms with Crippen LogP contribution in [0.15, 0.2) is 65.6 Å². The Kier molecular flexibility index (Phi) is 6.10. The summed E-state index contributed by atoms with van der Waals surface area (Å²) in [5, 5.41) is 3.08. The molecule has 9 heteroatoms. The topological polar surface area (TPSA) is 84.9 Å². The highest BCUT2D eigenvalue weighted by molar-refractivity contribution is 7.89. The summed E-state index contributed by atoms with van der Waals surface area (Å²) in [6.45, 7) is 4.00. The Morgan fingerprint density at radius 2 is 1.66 bits per heavy atom. The summed E-state index contributed by atoms with van der Waals surface area (Å²) in [6.07, 6.45) is 0. The summed E-state index contributed by atoms with van der Waals surface area (Å²) >= 11 is 6.24. The van der Waals surface area contributed by atoms with E-state index in [1.807, 2.05) is 0 Å². The molecule has 0 bridgehead atoms. The summed E-state index contributed by atoms with van der Waals surface area (Å²) in [5.74, 6) is 0.417. The number of carbonyl (C=O) groups excluding carboxylic acids is 1. The van der Waals surface area contributed by atoms with Gasteiger partial charge in [0.05, 0.1) is 16.3 Å². The van der Waals surface area contributed by atoms with Crippen LogP contribution in [-0.2, 0) is 10.0 Å². The Balaban J connectivity index is 1.92. The van der Waals surface area contributed by atoms with Gasteiger partial charge in [-0.15, -0.1) is 0 Å². The fourth-order valence-corrected chi connectivity index (χ4v) is 5.15. The molecular weight excluding hydrogens is 452 g/mol. The number of sulfonamides is 1. The van der Waals surface area contributed by atoms with Crippen molar-refractivity contribution in [2.24, 2.45) is 0 Å². The van der Waals surface area contributed by atoms with Crippen LogP contribution in [0.25, 0.3) is 0 Å². The lowest BCUT2D eigenvalue weighted by atomic mass is 10.1. The van der Waals surface area contributed by atoms with E-state index in [0.29, 0.717) is 16.5 Å². The molecule has 0 unspecified atom stereocenters. The molecule has 0 spiro atoms.